The first-order valence-corrected chi connectivity index (χ1v) is 18.3. The van der Waals surface area contributed by atoms with Gasteiger partial charge in [0.15, 0.2) is 21.4 Å². The van der Waals surface area contributed by atoms with Gasteiger partial charge in [0.1, 0.15) is 11.8 Å². The van der Waals surface area contributed by atoms with Gasteiger partial charge < -0.3 is 15.2 Å². The fourth-order valence-electron chi connectivity index (χ4n) is 5.22. The number of Topliss-reactive ketones (excluding diaryl/α,β-unsaturated/α-hetero) is 1. The van der Waals surface area contributed by atoms with Crippen LogP contribution in [0.1, 0.15) is 68.3 Å². The predicted molar refractivity (Wildman–Crippen MR) is 188 cm³/mol. The summed E-state index contributed by atoms with van der Waals surface area (Å²) in [6.45, 7) is 4.26. The molecular formula is C38H43N3O7S. The molecule has 258 valence electrons. The van der Waals surface area contributed by atoms with Crippen molar-refractivity contribution in [2.75, 3.05) is 12.9 Å². The smallest absolute Gasteiger partial charge is 0.325 e. The Balaban J connectivity index is 1.40. The van der Waals surface area contributed by atoms with Crippen molar-refractivity contribution in [1.29, 1.82) is 0 Å². The Labute approximate surface area is 287 Å². The van der Waals surface area contributed by atoms with Crippen molar-refractivity contribution in [3.05, 3.63) is 96.3 Å². The molecule has 11 heteroatoms. The van der Waals surface area contributed by atoms with Crippen molar-refractivity contribution in [3.8, 4) is 28.3 Å². The van der Waals surface area contributed by atoms with Crippen molar-refractivity contribution in [3.63, 3.8) is 0 Å². The first-order valence-electron chi connectivity index (χ1n) is 16.5. The minimum absolute atomic E-state index is 0.0789. The lowest BCUT2D eigenvalue weighted by Gasteiger charge is -2.18. The van der Waals surface area contributed by atoms with Crippen LogP contribution < -0.4 is 10.1 Å². The van der Waals surface area contributed by atoms with E-state index in [1.165, 1.54) is 56.9 Å². The third-order valence-electron chi connectivity index (χ3n) is 8.19. The lowest BCUT2D eigenvalue weighted by molar-refractivity contribution is -0.141. The number of carboxylic acid groups (broad SMARTS) is 1. The van der Waals surface area contributed by atoms with Crippen molar-refractivity contribution in [1.82, 2.24) is 15.3 Å². The highest BCUT2D eigenvalue weighted by Gasteiger charge is 2.26. The van der Waals surface area contributed by atoms with Crippen LogP contribution in [0.25, 0.3) is 22.5 Å². The quantitative estimate of drug-likeness (QED) is 0.0873. The molecule has 3 aromatic carbocycles. The molecule has 0 bridgehead atoms. The first kappa shape index (κ1) is 36.9. The number of carboxylic acids is 1. The van der Waals surface area contributed by atoms with Gasteiger partial charge in [0, 0.05) is 47.7 Å². The number of benzene rings is 3. The third-order valence-corrected chi connectivity index (χ3v) is 9.32. The molecule has 0 radical (unpaired) electrons. The van der Waals surface area contributed by atoms with Gasteiger partial charge in [0.25, 0.3) is 0 Å². The van der Waals surface area contributed by atoms with Gasteiger partial charge in [-0.05, 0) is 55.2 Å². The van der Waals surface area contributed by atoms with Crippen molar-refractivity contribution >= 4 is 27.5 Å². The Morgan fingerprint density at radius 2 is 1.43 bits per heavy atom. The van der Waals surface area contributed by atoms with E-state index >= 15 is 0 Å². The number of unbranched alkanes of at least 4 members (excludes halogenated alkanes) is 4. The minimum Gasteiger partial charge on any atom is -0.494 e. The van der Waals surface area contributed by atoms with Gasteiger partial charge in [-0.2, -0.15) is 0 Å². The monoisotopic (exact) mass is 685 g/mol. The van der Waals surface area contributed by atoms with Crippen LogP contribution in [0.2, 0.25) is 0 Å². The molecule has 4 aromatic rings. The van der Waals surface area contributed by atoms with E-state index in [0.717, 1.165) is 40.7 Å². The third kappa shape index (κ3) is 11.1. The van der Waals surface area contributed by atoms with Crippen LogP contribution in [0, 0.1) is 5.92 Å². The highest BCUT2D eigenvalue weighted by molar-refractivity contribution is 7.90. The molecule has 1 amide bonds. The van der Waals surface area contributed by atoms with E-state index in [-0.39, 0.29) is 29.1 Å². The molecule has 2 atom stereocenters. The summed E-state index contributed by atoms with van der Waals surface area (Å²) in [4.78, 5) is 46.8. The van der Waals surface area contributed by atoms with Gasteiger partial charge in [-0.25, -0.2) is 18.4 Å². The van der Waals surface area contributed by atoms with Crippen LogP contribution in [0.4, 0.5) is 0 Å². The maximum Gasteiger partial charge on any atom is 0.325 e. The number of aliphatic carboxylic acids is 1. The second kappa shape index (κ2) is 17.5. The fourth-order valence-corrected chi connectivity index (χ4v) is 5.85. The van der Waals surface area contributed by atoms with E-state index < -0.39 is 33.7 Å². The maximum absolute atomic E-state index is 13.1. The van der Waals surface area contributed by atoms with Crippen molar-refractivity contribution in [2.24, 2.45) is 5.92 Å². The van der Waals surface area contributed by atoms with Gasteiger partial charge in [-0.15, -0.1) is 0 Å². The lowest BCUT2D eigenvalue weighted by Crippen LogP contribution is -2.42. The zero-order chi connectivity index (χ0) is 35.4. The summed E-state index contributed by atoms with van der Waals surface area (Å²) >= 11 is 0. The number of aromatic nitrogens is 2. The molecule has 10 nitrogen and oxygen atoms in total. The Hall–Kier alpha value is -4.90. The summed E-state index contributed by atoms with van der Waals surface area (Å²) in [5.41, 5.74) is 3.61. The number of ether oxygens (including phenoxy) is 1. The van der Waals surface area contributed by atoms with Crippen LogP contribution in [-0.4, -0.2) is 60.1 Å². The number of rotatable bonds is 18. The number of nitrogens with one attached hydrogen (secondary N) is 1. The zero-order valence-electron chi connectivity index (χ0n) is 28.1. The largest absolute Gasteiger partial charge is 0.494 e. The summed E-state index contributed by atoms with van der Waals surface area (Å²) in [7, 11) is -3.43. The van der Waals surface area contributed by atoms with Crippen molar-refractivity contribution in [2.45, 2.75) is 69.7 Å². The molecule has 4 rings (SSSR count). The highest BCUT2D eigenvalue weighted by atomic mass is 32.2. The van der Waals surface area contributed by atoms with Crippen LogP contribution in [0.3, 0.4) is 0 Å². The van der Waals surface area contributed by atoms with E-state index in [1.807, 2.05) is 48.5 Å². The number of sulfone groups is 1. The van der Waals surface area contributed by atoms with E-state index in [0.29, 0.717) is 12.4 Å². The summed E-state index contributed by atoms with van der Waals surface area (Å²) in [5, 5.41) is 11.8. The summed E-state index contributed by atoms with van der Waals surface area (Å²) in [6, 6.07) is 19.6. The van der Waals surface area contributed by atoms with E-state index in [1.54, 1.807) is 12.4 Å². The highest BCUT2D eigenvalue weighted by Crippen LogP contribution is 2.25. The van der Waals surface area contributed by atoms with Gasteiger partial charge in [0.05, 0.1) is 11.5 Å². The molecule has 0 unspecified atom stereocenters. The molecule has 0 spiro atoms. The van der Waals surface area contributed by atoms with E-state index in [2.05, 4.69) is 22.2 Å². The number of nitrogens with zero attached hydrogens (tertiary/aromatic N) is 2. The number of ketones is 1. The SMILES string of the molecule is CCCCCCCOc1ccc(-c2cnc(-c3ccc(C[C@H](CC(=O)c4ccc(S(C)(=O)=O)cc4)C(=O)N[C@H](C)C(=O)O)cc3)nc2)cc1. The topological polar surface area (TPSA) is 153 Å². The van der Waals surface area contributed by atoms with E-state index in [9.17, 15) is 27.9 Å². The molecule has 2 N–H and O–H groups in total. The van der Waals surface area contributed by atoms with Crippen molar-refractivity contribution < 1.29 is 32.6 Å². The molecule has 0 fully saturated rings. The minimum atomic E-state index is -3.43. The second-order valence-corrected chi connectivity index (χ2v) is 14.2. The van der Waals surface area contributed by atoms with Crippen LogP contribution >= 0.6 is 0 Å². The van der Waals surface area contributed by atoms with E-state index in [4.69, 9.17) is 4.74 Å². The number of carbonyl (C=O) groups excluding carboxylic acids is 2. The Morgan fingerprint density at radius 1 is 0.816 bits per heavy atom. The Bertz CT molecular complexity index is 1810. The first-order chi connectivity index (χ1) is 23.4. The Kier molecular flexibility index (Phi) is 13.2. The average Bonchev–Trinajstić information content (AvgIpc) is 3.09. The molecule has 0 saturated heterocycles. The van der Waals surface area contributed by atoms with Crippen LogP contribution in [0.5, 0.6) is 5.75 Å². The molecule has 0 aliphatic heterocycles. The molecule has 1 heterocycles. The van der Waals surface area contributed by atoms with Gasteiger partial charge >= 0.3 is 5.97 Å². The zero-order valence-corrected chi connectivity index (χ0v) is 28.9. The summed E-state index contributed by atoms with van der Waals surface area (Å²) in [6.07, 6.45) is 10.5. The summed E-state index contributed by atoms with van der Waals surface area (Å²) < 4.78 is 29.5. The number of amides is 1. The predicted octanol–water partition coefficient (Wildman–Crippen LogP) is 6.58. The molecule has 1 aromatic heterocycles. The normalized spacial score (nSPS) is 12.6. The molecule has 0 saturated carbocycles. The molecule has 0 aliphatic carbocycles. The lowest BCUT2D eigenvalue weighted by atomic mass is 9.90. The standard InChI is InChI=1S/C38H43N3O7S/c1-4-5-6-7-8-21-48-33-17-13-28(14-18-33)32-24-39-36(40-25-32)30-11-9-27(10-12-30)22-31(37(43)41-26(2)38(44)45)23-35(42)29-15-19-34(20-16-29)49(3,46)47/h9-20,24-26,31H,4-8,21-23H2,1-3H3,(H,41,43)(H,44,45)/t26-,31-/m1/s1. The molecular weight excluding hydrogens is 642 g/mol. The number of hydrogen-bond acceptors (Lipinski definition) is 8. The fraction of sp³-hybridized carbons (Fsp3) is 0.342. The molecule has 49 heavy (non-hydrogen) atoms. The number of carbonyl (C=O) groups is 3. The Morgan fingerprint density at radius 3 is 2.02 bits per heavy atom. The second-order valence-electron chi connectivity index (χ2n) is 12.2. The maximum atomic E-state index is 13.1. The number of hydrogen-bond donors (Lipinski definition) is 2. The van der Waals surface area contributed by atoms with Gasteiger partial charge in [-0.1, -0.05) is 81.1 Å². The average molecular weight is 686 g/mol. The molecule has 0 aliphatic rings. The van der Waals surface area contributed by atoms with Crippen LogP contribution in [0.15, 0.2) is 90.1 Å². The van der Waals surface area contributed by atoms with Gasteiger partial charge in [-0.3, -0.25) is 14.4 Å². The van der Waals surface area contributed by atoms with Gasteiger partial charge in [0.2, 0.25) is 5.91 Å². The van der Waals surface area contributed by atoms with Crippen LogP contribution in [-0.2, 0) is 25.8 Å². The summed E-state index contributed by atoms with van der Waals surface area (Å²) in [5.74, 6) is -1.64.